The largest absolute Gasteiger partial charge is 0.350 e. The van der Waals surface area contributed by atoms with Crippen LogP contribution in [-0.4, -0.2) is 18.0 Å². The Morgan fingerprint density at radius 3 is 2.62 bits per heavy atom. The average molecular weight is 285 g/mol. The SMILES string of the molecule is Cc1ccc(C(=O)NCC(C)(C)N)c(Br)c1. The van der Waals surface area contributed by atoms with E-state index in [9.17, 15) is 4.79 Å². The minimum atomic E-state index is -0.396. The highest BCUT2D eigenvalue weighted by Crippen LogP contribution is 2.18. The van der Waals surface area contributed by atoms with E-state index in [1.54, 1.807) is 6.07 Å². The third-order valence-electron chi connectivity index (χ3n) is 2.07. The zero-order chi connectivity index (χ0) is 12.3. The highest BCUT2D eigenvalue weighted by molar-refractivity contribution is 9.10. The first-order valence-electron chi connectivity index (χ1n) is 5.13. The van der Waals surface area contributed by atoms with Crippen molar-refractivity contribution in [3.05, 3.63) is 33.8 Å². The van der Waals surface area contributed by atoms with Gasteiger partial charge in [-0.3, -0.25) is 4.79 Å². The molecule has 4 heteroatoms. The van der Waals surface area contributed by atoms with Crippen molar-refractivity contribution in [2.45, 2.75) is 26.3 Å². The summed E-state index contributed by atoms with van der Waals surface area (Å²) in [6.07, 6.45) is 0. The quantitative estimate of drug-likeness (QED) is 0.894. The van der Waals surface area contributed by atoms with E-state index in [1.807, 2.05) is 32.9 Å². The minimum Gasteiger partial charge on any atom is -0.350 e. The summed E-state index contributed by atoms with van der Waals surface area (Å²) in [5.74, 6) is -0.106. The highest BCUT2D eigenvalue weighted by Gasteiger charge is 2.14. The number of carbonyl (C=O) groups excluding carboxylic acids is 1. The Morgan fingerprint density at radius 1 is 1.50 bits per heavy atom. The van der Waals surface area contributed by atoms with Crippen molar-refractivity contribution in [3.8, 4) is 0 Å². The fourth-order valence-electron chi connectivity index (χ4n) is 1.21. The second-order valence-corrected chi connectivity index (χ2v) is 5.51. The molecule has 0 aliphatic carbocycles. The molecule has 88 valence electrons. The molecule has 0 aliphatic rings. The Bertz CT molecular complexity index is 396. The van der Waals surface area contributed by atoms with Crippen LogP contribution in [0.4, 0.5) is 0 Å². The lowest BCUT2D eigenvalue weighted by molar-refractivity contribution is 0.0945. The van der Waals surface area contributed by atoms with Crippen LogP contribution in [0.5, 0.6) is 0 Å². The van der Waals surface area contributed by atoms with Gasteiger partial charge in [0, 0.05) is 16.6 Å². The number of rotatable bonds is 3. The Balaban J connectivity index is 2.74. The summed E-state index contributed by atoms with van der Waals surface area (Å²) in [7, 11) is 0. The van der Waals surface area contributed by atoms with Crippen LogP contribution in [0.3, 0.4) is 0 Å². The standard InChI is InChI=1S/C12H17BrN2O/c1-8-4-5-9(10(13)6-8)11(16)15-7-12(2,3)14/h4-6H,7,14H2,1-3H3,(H,15,16). The van der Waals surface area contributed by atoms with E-state index in [2.05, 4.69) is 21.2 Å². The third-order valence-corrected chi connectivity index (χ3v) is 2.73. The van der Waals surface area contributed by atoms with E-state index in [-0.39, 0.29) is 5.91 Å². The van der Waals surface area contributed by atoms with Crippen LogP contribution in [0.25, 0.3) is 0 Å². The van der Waals surface area contributed by atoms with Gasteiger partial charge in [-0.15, -0.1) is 0 Å². The Kier molecular flexibility index (Phi) is 4.10. The zero-order valence-corrected chi connectivity index (χ0v) is 11.4. The number of amides is 1. The van der Waals surface area contributed by atoms with Crippen LogP contribution in [0.2, 0.25) is 0 Å². The maximum atomic E-state index is 11.8. The molecule has 0 saturated carbocycles. The number of carbonyl (C=O) groups is 1. The van der Waals surface area contributed by atoms with Crippen molar-refractivity contribution in [2.24, 2.45) is 5.73 Å². The summed E-state index contributed by atoms with van der Waals surface area (Å²) >= 11 is 3.38. The number of halogens is 1. The molecule has 0 fully saturated rings. The van der Waals surface area contributed by atoms with Crippen molar-refractivity contribution < 1.29 is 4.79 Å². The fraction of sp³-hybridized carbons (Fsp3) is 0.417. The van der Waals surface area contributed by atoms with Crippen molar-refractivity contribution in [2.75, 3.05) is 6.54 Å². The maximum absolute atomic E-state index is 11.8. The van der Waals surface area contributed by atoms with E-state index in [1.165, 1.54) is 0 Å². The molecule has 0 bridgehead atoms. The summed E-state index contributed by atoms with van der Waals surface area (Å²) in [6, 6.07) is 5.63. The molecule has 1 aromatic carbocycles. The Labute approximate surface area is 105 Å². The second-order valence-electron chi connectivity index (χ2n) is 4.65. The normalized spacial score (nSPS) is 11.3. The van der Waals surface area contributed by atoms with Crippen LogP contribution in [0.1, 0.15) is 29.8 Å². The summed E-state index contributed by atoms with van der Waals surface area (Å²) in [5.41, 5.74) is 7.15. The molecule has 0 spiro atoms. The van der Waals surface area contributed by atoms with Crippen molar-refractivity contribution in [1.82, 2.24) is 5.32 Å². The fourth-order valence-corrected chi connectivity index (χ4v) is 1.88. The van der Waals surface area contributed by atoms with Gasteiger partial charge in [0.1, 0.15) is 0 Å². The highest BCUT2D eigenvalue weighted by atomic mass is 79.9. The zero-order valence-electron chi connectivity index (χ0n) is 9.80. The molecule has 0 saturated heterocycles. The van der Waals surface area contributed by atoms with Crippen LogP contribution >= 0.6 is 15.9 Å². The van der Waals surface area contributed by atoms with Gasteiger partial charge in [-0.25, -0.2) is 0 Å². The molecule has 0 unspecified atom stereocenters. The second kappa shape index (κ2) is 4.97. The van der Waals surface area contributed by atoms with Gasteiger partial charge in [-0.2, -0.15) is 0 Å². The van der Waals surface area contributed by atoms with Gasteiger partial charge < -0.3 is 11.1 Å². The van der Waals surface area contributed by atoms with Gasteiger partial charge in [-0.1, -0.05) is 6.07 Å². The monoisotopic (exact) mass is 284 g/mol. The molecule has 0 radical (unpaired) electrons. The molecular formula is C12H17BrN2O. The lowest BCUT2D eigenvalue weighted by Crippen LogP contribution is -2.45. The van der Waals surface area contributed by atoms with E-state index < -0.39 is 5.54 Å². The van der Waals surface area contributed by atoms with Gasteiger partial charge in [0.05, 0.1) is 5.56 Å². The number of nitrogens with two attached hydrogens (primary N) is 1. The van der Waals surface area contributed by atoms with Crippen LogP contribution in [-0.2, 0) is 0 Å². The third kappa shape index (κ3) is 3.94. The minimum absolute atomic E-state index is 0.106. The summed E-state index contributed by atoms with van der Waals surface area (Å²) in [4.78, 5) is 11.8. The molecule has 0 atom stereocenters. The Morgan fingerprint density at radius 2 is 2.12 bits per heavy atom. The topological polar surface area (TPSA) is 55.1 Å². The maximum Gasteiger partial charge on any atom is 0.252 e. The number of hydrogen-bond acceptors (Lipinski definition) is 2. The summed E-state index contributed by atoms with van der Waals surface area (Å²) < 4.78 is 0.805. The molecule has 16 heavy (non-hydrogen) atoms. The van der Waals surface area contributed by atoms with Gasteiger partial charge >= 0.3 is 0 Å². The lowest BCUT2D eigenvalue weighted by Gasteiger charge is -2.19. The van der Waals surface area contributed by atoms with E-state index in [0.29, 0.717) is 12.1 Å². The molecule has 0 aromatic heterocycles. The van der Waals surface area contributed by atoms with Gasteiger partial charge in [0.25, 0.3) is 5.91 Å². The number of hydrogen-bond donors (Lipinski definition) is 2. The molecule has 1 aromatic rings. The van der Waals surface area contributed by atoms with Crippen molar-refractivity contribution in [3.63, 3.8) is 0 Å². The molecule has 1 rings (SSSR count). The van der Waals surface area contributed by atoms with Crippen molar-refractivity contribution >= 4 is 21.8 Å². The van der Waals surface area contributed by atoms with E-state index in [4.69, 9.17) is 5.73 Å². The molecule has 0 aliphatic heterocycles. The van der Waals surface area contributed by atoms with Gasteiger partial charge in [-0.05, 0) is 54.4 Å². The predicted octanol–water partition coefficient (Wildman–Crippen LogP) is 2.22. The average Bonchev–Trinajstić information content (AvgIpc) is 2.13. The van der Waals surface area contributed by atoms with E-state index >= 15 is 0 Å². The first kappa shape index (κ1) is 13.2. The number of benzene rings is 1. The number of aryl methyl sites for hydroxylation is 1. The smallest absolute Gasteiger partial charge is 0.252 e. The predicted molar refractivity (Wildman–Crippen MR) is 69.5 cm³/mol. The Hall–Kier alpha value is -0.870. The van der Waals surface area contributed by atoms with Crippen LogP contribution < -0.4 is 11.1 Å². The number of nitrogens with one attached hydrogen (secondary N) is 1. The first-order valence-corrected chi connectivity index (χ1v) is 5.92. The van der Waals surface area contributed by atoms with E-state index in [0.717, 1.165) is 10.0 Å². The lowest BCUT2D eigenvalue weighted by atomic mass is 10.1. The summed E-state index contributed by atoms with van der Waals surface area (Å²) in [5, 5.41) is 2.81. The molecule has 0 heterocycles. The summed E-state index contributed by atoms with van der Waals surface area (Å²) in [6.45, 7) is 6.18. The van der Waals surface area contributed by atoms with Gasteiger partial charge in [0.2, 0.25) is 0 Å². The first-order chi connectivity index (χ1) is 7.29. The molecule has 3 nitrogen and oxygen atoms in total. The molecule has 1 amide bonds. The molecule has 3 N–H and O–H groups in total. The van der Waals surface area contributed by atoms with Crippen LogP contribution in [0.15, 0.2) is 22.7 Å². The van der Waals surface area contributed by atoms with Crippen molar-refractivity contribution in [1.29, 1.82) is 0 Å². The van der Waals surface area contributed by atoms with Gasteiger partial charge in [0.15, 0.2) is 0 Å². The molecular weight excluding hydrogens is 268 g/mol. The van der Waals surface area contributed by atoms with Crippen LogP contribution in [0, 0.1) is 6.92 Å².